The average molecular weight is 257 g/mol. The third-order valence-corrected chi connectivity index (χ3v) is 3.32. The lowest BCUT2D eigenvalue weighted by atomic mass is 10.00. The minimum Gasteiger partial charge on any atom is -0.345 e. The highest BCUT2D eigenvalue weighted by atomic mass is 16.1. The summed E-state index contributed by atoms with van der Waals surface area (Å²) in [5.74, 6) is -0.0975. The summed E-state index contributed by atoms with van der Waals surface area (Å²) >= 11 is 0. The summed E-state index contributed by atoms with van der Waals surface area (Å²) in [6.07, 6.45) is 1.56. The number of H-pyrrole nitrogens is 1. The molecular weight excluding hydrogens is 238 g/mol. The molecule has 0 saturated heterocycles. The molecule has 1 amide bonds. The van der Waals surface area contributed by atoms with E-state index in [1.807, 2.05) is 13.8 Å². The lowest BCUT2D eigenvalue weighted by molar-refractivity contribution is 0.0939. The van der Waals surface area contributed by atoms with Crippen LogP contribution in [0, 0.1) is 20.8 Å². The fourth-order valence-electron chi connectivity index (χ4n) is 2.16. The summed E-state index contributed by atoms with van der Waals surface area (Å²) in [7, 11) is 0. The van der Waals surface area contributed by atoms with Crippen LogP contribution >= 0.6 is 0 Å². The number of benzene rings is 1. The number of hydrogen-bond donors (Lipinski definition) is 2. The van der Waals surface area contributed by atoms with Crippen molar-refractivity contribution in [3.05, 3.63) is 52.3 Å². The minimum atomic E-state index is -0.0975. The van der Waals surface area contributed by atoms with Crippen LogP contribution in [0.15, 0.2) is 24.4 Å². The van der Waals surface area contributed by atoms with Crippen LogP contribution in [0.25, 0.3) is 0 Å². The van der Waals surface area contributed by atoms with Gasteiger partial charge in [0.05, 0.1) is 17.8 Å². The van der Waals surface area contributed by atoms with Crippen LogP contribution in [0.3, 0.4) is 0 Å². The Labute approximate surface area is 113 Å². The maximum Gasteiger partial charge on any atom is 0.255 e. The first-order chi connectivity index (χ1) is 8.99. The Hall–Kier alpha value is -2.10. The van der Waals surface area contributed by atoms with Crippen LogP contribution < -0.4 is 5.32 Å². The van der Waals surface area contributed by atoms with Gasteiger partial charge >= 0.3 is 0 Å². The largest absolute Gasteiger partial charge is 0.345 e. The van der Waals surface area contributed by atoms with Gasteiger partial charge in [-0.05, 0) is 38.8 Å². The molecular formula is C15H19N3O. The maximum atomic E-state index is 12.1. The standard InChI is InChI=1S/C15H19N3O/c1-9-5-6-10(2)13(7-9)11(3)17-15(19)14-8-16-18-12(14)4/h5-8,11H,1-4H3,(H,16,18)(H,17,19). The highest BCUT2D eigenvalue weighted by molar-refractivity contribution is 5.95. The Kier molecular flexibility index (Phi) is 3.69. The number of rotatable bonds is 3. The van der Waals surface area contributed by atoms with Crippen LogP contribution in [0.4, 0.5) is 0 Å². The smallest absolute Gasteiger partial charge is 0.255 e. The summed E-state index contributed by atoms with van der Waals surface area (Å²) in [6.45, 7) is 7.94. The molecule has 4 heteroatoms. The number of aromatic amines is 1. The summed E-state index contributed by atoms with van der Waals surface area (Å²) in [5.41, 5.74) is 4.90. The molecule has 0 aliphatic heterocycles. The Morgan fingerprint density at radius 3 is 2.68 bits per heavy atom. The third-order valence-electron chi connectivity index (χ3n) is 3.32. The number of hydrogen-bond acceptors (Lipinski definition) is 2. The van der Waals surface area contributed by atoms with E-state index in [1.54, 1.807) is 6.20 Å². The zero-order valence-corrected chi connectivity index (χ0v) is 11.7. The van der Waals surface area contributed by atoms with Crippen molar-refractivity contribution >= 4 is 5.91 Å². The van der Waals surface area contributed by atoms with Gasteiger partial charge in [-0.25, -0.2) is 0 Å². The molecule has 2 rings (SSSR count). The lowest BCUT2D eigenvalue weighted by Crippen LogP contribution is -2.27. The van der Waals surface area contributed by atoms with Gasteiger partial charge in [0.2, 0.25) is 0 Å². The van der Waals surface area contributed by atoms with Gasteiger partial charge in [0.25, 0.3) is 5.91 Å². The molecule has 1 aromatic heterocycles. The zero-order valence-electron chi connectivity index (χ0n) is 11.7. The number of carbonyl (C=O) groups excluding carboxylic acids is 1. The molecule has 2 aromatic rings. The number of carbonyl (C=O) groups is 1. The van der Waals surface area contributed by atoms with Crippen molar-refractivity contribution in [3.8, 4) is 0 Å². The van der Waals surface area contributed by atoms with Crippen molar-refractivity contribution in [1.29, 1.82) is 0 Å². The van der Waals surface area contributed by atoms with Gasteiger partial charge in [-0.15, -0.1) is 0 Å². The van der Waals surface area contributed by atoms with E-state index < -0.39 is 0 Å². The molecule has 1 atom stereocenters. The van der Waals surface area contributed by atoms with Gasteiger partial charge in [0.15, 0.2) is 0 Å². The molecule has 19 heavy (non-hydrogen) atoms. The monoisotopic (exact) mass is 257 g/mol. The van der Waals surface area contributed by atoms with Gasteiger partial charge < -0.3 is 5.32 Å². The van der Waals surface area contributed by atoms with E-state index in [4.69, 9.17) is 0 Å². The highest BCUT2D eigenvalue weighted by Crippen LogP contribution is 2.19. The number of aryl methyl sites for hydroxylation is 3. The van der Waals surface area contributed by atoms with Crippen LogP contribution in [-0.2, 0) is 0 Å². The normalized spacial score (nSPS) is 12.2. The van der Waals surface area contributed by atoms with E-state index in [0.29, 0.717) is 5.56 Å². The van der Waals surface area contributed by atoms with E-state index in [2.05, 4.69) is 47.6 Å². The Morgan fingerprint density at radius 2 is 2.05 bits per heavy atom. The Balaban J connectivity index is 2.17. The molecule has 0 bridgehead atoms. The molecule has 0 aliphatic rings. The van der Waals surface area contributed by atoms with Crippen LogP contribution in [0.1, 0.15) is 45.7 Å². The Bertz CT molecular complexity index is 601. The van der Waals surface area contributed by atoms with Crippen molar-refractivity contribution in [3.63, 3.8) is 0 Å². The van der Waals surface area contributed by atoms with Crippen LogP contribution in [0.2, 0.25) is 0 Å². The van der Waals surface area contributed by atoms with Gasteiger partial charge in [0, 0.05) is 5.69 Å². The predicted octanol–water partition coefficient (Wildman–Crippen LogP) is 2.83. The molecule has 2 N–H and O–H groups in total. The quantitative estimate of drug-likeness (QED) is 0.888. The van der Waals surface area contributed by atoms with Crippen molar-refractivity contribution < 1.29 is 4.79 Å². The molecule has 1 aromatic carbocycles. The van der Waals surface area contributed by atoms with E-state index in [9.17, 15) is 4.79 Å². The number of amides is 1. The molecule has 0 saturated carbocycles. The van der Waals surface area contributed by atoms with Crippen LogP contribution in [-0.4, -0.2) is 16.1 Å². The number of aromatic nitrogens is 2. The second kappa shape index (κ2) is 5.26. The summed E-state index contributed by atoms with van der Waals surface area (Å²) in [6, 6.07) is 6.24. The maximum absolute atomic E-state index is 12.1. The Morgan fingerprint density at radius 1 is 1.32 bits per heavy atom. The minimum absolute atomic E-state index is 0.0262. The average Bonchev–Trinajstić information content (AvgIpc) is 2.78. The molecule has 1 unspecified atom stereocenters. The first-order valence-electron chi connectivity index (χ1n) is 6.37. The van der Waals surface area contributed by atoms with E-state index in [0.717, 1.165) is 11.3 Å². The fourth-order valence-corrected chi connectivity index (χ4v) is 2.16. The second-order valence-electron chi connectivity index (χ2n) is 4.96. The van der Waals surface area contributed by atoms with Gasteiger partial charge in [-0.3, -0.25) is 9.89 Å². The van der Waals surface area contributed by atoms with Gasteiger partial charge in [-0.2, -0.15) is 5.10 Å². The summed E-state index contributed by atoms with van der Waals surface area (Å²) in [4.78, 5) is 12.1. The van der Waals surface area contributed by atoms with Crippen molar-refractivity contribution in [2.45, 2.75) is 33.7 Å². The first-order valence-corrected chi connectivity index (χ1v) is 6.37. The number of nitrogens with zero attached hydrogens (tertiary/aromatic N) is 1. The van der Waals surface area contributed by atoms with Crippen LogP contribution in [0.5, 0.6) is 0 Å². The fraction of sp³-hybridized carbons (Fsp3) is 0.333. The molecule has 0 fully saturated rings. The molecule has 0 spiro atoms. The van der Waals surface area contributed by atoms with Crippen molar-refractivity contribution in [2.24, 2.45) is 0 Å². The summed E-state index contributed by atoms with van der Waals surface area (Å²) < 4.78 is 0. The zero-order chi connectivity index (χ0) is 14.0. The SMILES string of the molecule is Cc1ccc(C)c(C(C)NC(=O)c2cn[nH]c2C)c1. The highest BCUT2D eigenvalue weighted by Gasteiger charge is 2.15. The third kappa shape index (κ3) is 2.84. The molecule has 1 heterocycles. The van der Waals surface area contributed by atoms with E-state index in [-0.39, 0.29) is 11.9 Å². The summed E-state index contributed by atoms with van der Waals surface area (Å²) in [5, 5.41) is 9.65. The molecule has 0 radical (unpaired) electrons. The topological polar surface area (TPSA) is 57.8 Å². The molecule has 100 valence electrons. The van der Waals surface area contributed by atoms with E-state index in [1.165, 1.54) is 11.1 Å². The van der Waals surface area contributed by atoms with Gasteiger partial charge in [0.1, 0.15) is 0 Å². The lowest BCUT2D eigenvalue weighted by Gasteiger charge is -2.17. The van der Waals surface area contributed by atoms with Crippen molar-refractivity contribution in [2.75, 3.05) is 0 Å². The second-order valence-corrected chi connectivity index (χ2v) is 4.96. The van der Waals surface area contributed by atoms with Crippen molar-refractivity contribution in [1.82, 2.24) is 15.5 Å². The molecule has 4 nitrogen and oxygen atoms in total. The predicted molar refractivity (Wildman–Crippen MR) is 75.1 cm³/mol. The van der Waals surface area contributed by atoms with Gasteiger partial charge in [-0.1, -0.05) is 23.8 Å². The van der Waals surface area contributed by atoms with E-state index >= 15 is 0 Å². The first kappa shape index (κ1) is 13.3. The number of nitrogens with one attached hydrogen (secondary N) is 2. The molecule has 0 aliphatic carbocycles.